The van der Waals surface area contributed by atoms with Gasteiger partial charge in [0, 0.05) is 24.3 Å². The average molecular weight is 458 g/mol. The third-order valence-electron chi connectivity index (χ3n) is 4.15. The van der Waals surface area contributed by atoms with E-state index in [4.69, 9.17) is 22.4 Å². The van der Waals surface area contributed by atoms with Crippen LogP contribution in [0.15, 0.2) is 59.7 Å². The third-order valence-corrected chi connectivity index (χ3v) is 4.35. The molecule has 2 aromatic carbocycles. The van der Waals surface area contributed by atoms with Crippen LogP contribution in [0.3, 0.4) is 0 Å². The number of anilines is 1. The van der Waals surface area contributed by atoms with E-state index in [1.807, 2.05) is 0 Å². The summed E-state index contributed by atoms with van der Waals surface area (Å²) in [7, 11) is 0. The summed E-state index contributed by atoms with van der Waals surface area (Å²) >= 11 is 5.04. The molecule has 0 saturated carbocycles. The van der Waals surface area contributed by atoms with Crippen LogP contribution in [-0.2, 0) is 9.59 Å². The Bertz CT molecular complexity index is 948. The topological polar surface area (TPSA) is 143 Å². The second-order valence-electron chi connectivity index (χ2n) is 6.51. The van der Waals surface area contributed by atoms with Crippen LogP contribution in [0.25, 0.3) is 0 Å². The number of carboxylic acids is 2. The van der Waals surface area contributed by atoms with Crippen molar-refractivity contribution in [2.45, 2.75) is 12.8 Å². The van der Waals surface area contributed by atoms with Crippen molar-refractivity contribution in [3.05, 3.63) is 65.7 Å². The number of carboxylic acid groups (broad SMARTS) is 2. The summed E-state index contributed by atoms with van der Waals surface area (Å²) in [5.74, 6) is -2.25. The number of hydrogen-bond donors (Lipinski definition) is 5. The van der Waals surface area contributed by atoms with Crippen molar-refractivity contribution >= 4 is 47.1 Å². The van der Waals surface area contributed by atoms with Gasteiger partial charge < -0.3 is 15.1 Å². The van der Waals surface area contributed by atoms with Crippen LogP contribution in [0.1, 0.15) is 28.8 Å². The highest BCUT2D eigenvalue weighted by Crippen LogP contribution is 2.16. The number of thiocarbonyl (C=S) groups is 1. The molecule has 2 rings (SSSR count). The van der Waals surface area contributed by atoms with Crippen LogP contribution >= 0.6 is 12.2 Å². The van der Waals surface area contributed by atoms with Crippen molar-refractivity contribution in [2.75, 3.05) is 18.0 Å². The van der Waals surface area contributed by atoms with Gasteiger partial charge in [0.2, 0.25) is 5.11 Å². The molecule has 0 fully saturated rings. The maximum atomic E-state index is 11.9. The first-order valence-electron chi connectivity index (χ1n) is 9.58. The normalized spacial score (nSPS) is 10.4. The van der Waals surface area contributed by atoms with E-state index in [-0.39, 0.29) is 37.0 Å². The lowest BCUT2D eigenvalue weighted by Gasteiger charge is -2.23. The van der Waals surface area contributed by atoms with Gasteiger partial charge in [0.05, 0.1) is 19.1 Å². The van der Waals surface area contributed by atoms with Crippen molar-refractivity contribution in [3.63, 3.8) is 0 Å². The molecule has 0 aliphatic rings. The van der Waals surface area contributed by atoms with E-state index in [2.05, 4.69) is 21.4 Å². The molecule has 0 spiro atoms. The average Bonchev–Trinajstić information content (AvgIpc) is 2.78. The Kier molecular flexibility index (Phi) is 9.60. The number of benzene rings is 2. The largest absolute Gasteiger partial charge is 0.481 e. The van der Waals surface area contributed by atoms with Gasteiger partial charge in [-0.1, -0.05) is 30.3 Å². The van der Waals surface area contributed by atoms with Crippen molar-refractivity contribution in [1.29, 1.82) is 0 Å². The highest BCUT2D eigenvalue weighted by Gasteiger charge is 2.11. The zero-order valence-corrected chi connectivity index (χ0v) is 17.8. The number of aliphatic carboxylic acids is 2. The zero-order chi connectivity index (χ0) is 23.3. The van der Waals surface area contributed by atoms with E-state index in [1.54, 1.807) is 59.5 Å². The van der Waals surface area contributed by atoms with Gasteiger partial charge in [-0.2, -0.15) is 5.10 Å². The van der Waals surface area contributed by atoms with Crippen LogP contribution in [0.4, 0.5) is 5.69 Å². The molecule has 32 heavy (non-hydrogen) atoms. The van der Waals surface area contributed by atoms with Gasteiger partial charge in [-0.3, -0.25) is 30.7 Å². The van der Waals surface area contributed by atoms with Crippen molar-refractivity contribution in [1.82, 2.24) is 16.3 Å². The first kappa shape index (κ1) is 24.3. The number of nitrogens with zero attached hydrogens (tertiary/aromatic N) is 2. The van der Waals surface area contributed by atoms with Crippen LogP contribution in [0.2, 0.25) is 0 Å². The number of carbonyl (C=O) groups is 3. The minimum Gasteiger partial charge on any atom is -0.481 e. The molecule has 0 radical (unpaired) electrons. The van der Waals surface area contributed by atoms with Crippen LogP contribution < -0.4 is 21.2 Å². The fraction of sp³-hybridized carbons (Fsp3) is 0.190. The molecule has 0 saturated heterocycles. The smallest absolute Gasteiger partial charge is 0.305 e. The first-order chi connectivity index (χ1) is 15.3. The second-order valence-corrected chi connectivity index (χ2v) is 6.92. The molecular formula is C21H23N5O5S. The number of nitrogens with one attached hydrogen (secondary N) is 3. The van der Waals surface area contributed by atoms with Crippen molar-refractivity contribution in [3.8, 4) is 0 Å². The predicted octanol–water partition coefficient (Wildman–Crippen LogP) is 1.59. The summed E-state index contributed by atoms with van der Waals surface area (Å²) in [5, 5.41) is 21.9. The maximum Gasteiger partial charge on any atom is 0.305 e. The monoisotopic (exact) mass is 457 g/mol. The predicted molar refractivity (Wildman–Crippen MR) is 124 cm³/mol. The second kappa shape index (κ2) is 12.6. The van der Waals surface area contributed by atoms with Gasteiger partial charge in [-0.05, 0) is 42.0 Å². The molecule has 10 nitrogen and oxygen atoms in total. The highest BCUT2D eigenvalue weighted by molar-refractivity contribution is 7.80. The lowest BCUT2D eigenvalue weighted by Crippen LogP contribution is -2.45. The molecule has 2 aromatic rings. The standard InChI is InChI=1S/C21H23N5O5S/c27-18(28)10-12-26(13-11-19(29)30)17-8-6-15(7-9-17)14-22-24-21(32)25-23-20(31)16-4-2-1-3-5-16/h1-9,14H,10-13H2,(H,23,31)(H,27,28)(H,29,30)(H2,24,25,32)/b22-14+. The molecule has 0 aliphatic heterocycles. The highest BCUT2D eigenvalue weighted by atomic mass is 32.1. The third kappa shape index (κ3) is 8.79. The molecule has 1 amide bonds. The van der Waals surface area contributed by atoms with E-state index in [0.717, 1.165) is 5.56 Å². The number of hydrazine groups is 1. The summed E-state index contributed by atoms with van der Waals surface area (Å²) in [6.07, 6.45) is 1.31. The fourth-order valence-corrected chi connectivity index (χ4v) is 2.67. The Balaban J connectivity index is 1.85. The number of carbonyl (C=O) groups excluding carboxylic acids is 1. The Morgan fingerprint density at radius 2 is 1.50 bits per heavy atom. The summed E-state index contributed by atoms with van der Waals surface area (Å²) in [6.45, 7) is 0.401. The number of rotatable bonds is 10. The van der Waals surface area contributed by atoms with Gasteiger partial charge in [0.15, 0.2) is 0 Å². The Morgan fingerprint density at radius 1 is 0.906 bits per heavy atom. The summed E-state index contributed by atoms with van der Waals surface area (Å²) in [4.78, 5) is 35.3. The Morgan fingerprint density at radius 3 is 2.06 bits per heavy atom. The SMILES string of the molecule is O=C(O)CCN(CCC(=O)O)c1ccc(/C=N/NC(=S)NNC(=O)c2ccccc2)cc1. The molecule has 0 aliphatic carbocycles. The minimum absolute atomic E-state index is 0.0932. The van der Waals surface area contributed by atoms with Gasteiger partial charge in [-0.15, -0.1) is 0 Å². The fourth-order valence-electron chi connectivity index (χ4n) is 2.57. The lowest BCUT2D eigenvalue weighted by molar-refractivity contribution is -0.137. The molecule has 0 bridgehead atoms. The molecular weight excluding hydrogens is 434 g/mol. The Hall–Kier alpha value is -3.99. The molecule has 0 aromatic heterocycles. The number of amides is 1. The zero-order valence-electron chi connectivity index (χ0n) is 17.0. The quantitative estimate of drug-likeness (QED) is 0.204. The van der Waals surface area contributed by atoms with Crippen molar-refractivity contribution < 1.29 is 24.6 Å². The number of hydrazone groups is 1. The lowest BCUT2D eigenvalue weighted by atomic mass is 10.2. The molecule has 168 valence electrons. The van der Waals surface area contributed by atoms with Crippen LogP contribution in [0.5, 0.6) is 0 Å². The summed E-state index contributed by atoms with van der Waals surface area (Å²) in [6, 6.07) is 15.6. The van der Waals surface area contributed by atoms with Gasteiger partial charge in [0.25, 0.3) is 5.91 Å². The Labute approximate surface area is 189 Å². The van der Waals surface area contributed by atoms with Crippen LogP contribution in [0, 0.1) is 0 Å². The van der Waals surface area contributed by atoms with Gasteiger partial charge in [0.1, 0.15) is 0 Å². The molecule has 0 heterocycles. The van der Waals surface area contributed by atoms with Crippen molar-refractivity contribution in [2.24, 2.45) is 5.10 Å². The van der Waals surface area contributed by atoms with Gasteiger partial charge >= 0.3 is 11.9 Å². The molecule has 11 heteroatoms. The summed E-state index contributed by atoms with van der Waals surface area (Å²) < 4.78 is 0. The molecule has 5 N–H and O–H groups in total. The van der Waals surface area contributed by atoms with Crippen LogP contribution in [-0.4, -0.2) is 52.5 Å². The van der Waals surface area contributed by atoms with E-state index < -0.39 is 11.9 Å². The first-order valence-corrected chi connectivity index (χ1v) is 9.99. The maximum absolute atomic E-state index is 11.9. The minimum atomic E-state index is -0.954. The molecule has 0 unspecified atom stereocenters. The number of hydrogen-bond acceptors (Lipinski definition) is 6. The van der Waals surface area contributed by atoms with E-state index in [1.165, 1.54) is 6.21 Å². The molecule has 0 atom stereocenters. The summed E-state index contributed by atoms with van der Waals surface area (Å²) in [5.41, 5.74) is 9.48. The van der Waals surface area contributed by atoms with E-state index >= 15 is 0 Å². The van der Waals surface area contributed by atoms with Gasteiger partial charge in [-0.25, -0.2) is 0 Å². The van der Waals surface area contributed by atoms with E-state index in [9.17, 15) is 14.4 Å². The van der Waals surface area contributed by atoms with E-state index in [0.29, 0.717) is 11.3 Å².